The van der Waals surface area contributed by atoms with Crippen molar-refractivity contribution in [1.29, 1.82) is 0 Å². The topological polar surface area (TPSA) is 39.7 Å². The van der Waals surface area contributed by atoms with E-state index in [0.29, 0.717) is 12.5 Å². The van der Waals surface area contributed by atoms with Crippen LogP contribution in [0.1, 0.15) is 23.5 Å². The van der Waals surface area contributed by atoms with E-state index in [1.165, 1.54) is 5.56 Å². The quantitative estimate of drug-likeness (QED) is 0.868. The Morgan fingerprint density at radius 2 is 1.83 bits per heavy atom. The Hall–Kier alpha value is -1.26. The lowest BCUT2D eigenvalue weighted by Gasteiger charge is -2.17. The van der Waals surface area contributed by atoms with Gasteiger partial charge in [-0.2, -0.15) is 0 Å². The Bertz CT molecular complexity index is 375. The van der Waals surface area contributed by atoms with Gasteiger partial charge in [-0.05, 0) is 36.6 Å². The van der Waals surface area contributed by atoms with Gasteiger partial charge in [-0.15, -0.1) is 0 Å². The van der Waals surface area contributed by atoms with E-state index in [0.717, 1.165) is 36.6 Å². The van der Waals surface area contributed by atoms with Crippen LogP contribution in [-0.2, 0) is 11.3 Å². The first kappa shape index (κ1) is 13.2. The van der Waals surface area contributed by atoms with Crippen molar-refractivity contribution >= 4 is 0 Å². The molecule has 1 atom stereocenters. The first-order chi connectivity index (χ1) is 8.80. The number of methoxy groups -OCH3 is 3. The van der Waals surface area contributed by atoms with Crippen molar-refractivity contribution in [3.05, 3.63) is 23.3 Å². The fourth-order valence-electron chi connectivity index (χ4n) is 2.47. The number of benzene rings is 1. The van der Waals surface area contributed by atoms with Crippen LogP contribution in [0.2, 0.25) is 0 Å². The summed E-state index contributed by atoms with van der Waals surface area (Å²) in [7, 11) is 5.04. The summed E-state index contributed by atoms with van der Waals surface area (Å²) in [6.45, 7) is 2.60. The van der Waals surface area contributed by atoms with Crippen LogP contribution in [0.25, 0.3) is 0 Å². The van der Waals surface area contributed by atoms with Gasteiger partial charge in [0.25, 0.3) is 0 Å². The summed E-state index contributed by atoms with van der Waals surface area (Å²) in [6, 6.07) is 4.21. The van der Waals surface area contributed by atoms with Crippen LogP contribution >= 0.6 is 0 Å². The van der Waals surface area contributed by atoms with Crippen molar-refractivity contribution in [2.45, 2.75) is 18.9 Å². The summed E-state index contributed by atoms with van der Waals surface area (Å²) in [5.74, 6) is 2.24. The molecule has 0 aromatic heterocycles. The van der Waals surface area contributed by atoms with Gasteiger partial charge in [0.05, 0.1) is 26.4 Å². The maximum atomic E-state index is 5.46. The summed E-state index contributed by atoms with van der Waals surface area (Å²) >= 11 is 0. The zero-order valence-electron chi connectivity index (χ0n) is 11.3. The molecular weight excluding hydrogens is 230 g/mol. The first-order valence-electron chi connectivity index (χ1n) is 6.24. The minimum absolute atomic E-state index is 0.496. The molecule has 1 saturated heterocycles. The van der Waals surface area contributed by atoms with Gasteiger partial charge in [0.1, 0.15) is 11.5 Å². The minimum Gasteiger partial charge on any atom is -0.496 e. The molecule has 1 fully saturated rings. The molecule has 1 aromatic rings. The Labute approximate surface area is 108 Å². The maximum Gasteiger partial charge on any atom is 0.128 e. The van der Waals surface area contributed by atoms with Gasteiger partial charge in [-0.25, -0.2) is 0 Å². The third kappa shape index (κ3) is 2.60. The highest BCUT2D eigenvalue weighted by molar-refractivity contribution is 5.49. The summed E-state index contributed by atoms with van der Waals surface area (Å²) in [5.41, 5.74) is 2.24. The molecule has 0 bridgehead atoms. The van der Waals surface area contributed by atoms with Gasteiger partial charge in [0.15, 0.2) is 0 Å². The molecule has 1 unspecified atom stereocenters. The van der Waals surface area contributed by atoms with Gasteiger partial charge >= 0.3 is 0 Å². The predicted molar refractivity (Wildman–Crippen MR) is 70.5 cm³/mol. The SMILES string of the molecule is COCc1c(OC)cc(C2CCNC2)cc1OC. The molecule has 0 radical (unpaired) electrons. The minimum atomic E-state index is 0.496. The third-order valence-electron chi connectivity index (χ3n) is 3.45. The lowest BCUT2D eigenvalue weighted by molar-refractivity contribution is 0.178. The number of rotatable bonds is 5. The predicted octanol–water partition coefficient (Wildman–Crippen LogP) is 1.93. The van der Waals surface area contributed by atoms with E-state index in [1.54, 1.807) is 21.3 Å². The first-order valence-corrected chi connectivity index (χ1v) is 6.24. The largest absolute Gasteiger partial charge is 0.496 e. The van der Waals surface area contributed by atoms with E-state index in [-0.39, 0.29) is 0 Å². The zero-order chi connectivity index (χ0) is 13.0. The van der Waals surface area contributed by atoms with Gasteiger partial charge in [0, 0.05) is 13.7 Å². The zero-order valence-corrected chi connectivity index (χ0v) is 11.3. The number of hydrogen-bond acceptors (Lipinski definition) is 4. The fraction of sp³-hybridized carbons (Fsp3) is 0.571. The molecular formula is C14H21NO3. The standard InChI is InChI=1S/C14H21NO3/c1-16-9-12-13(17-2)6-11(7-14(12)18-3)10-4-5-15-8-10/h6-7,10,15H,4-5,8-9H2,1-3H3. The monoisotopic (exact) mass is 251 g/mol. The summed E-state index contributed by atoms with van der Waals surface area (Å²) in [4.78, 5) is 0. The molecule has 0 spiro atoms. The highest BCUT2D eigenvalue weighted by atomic mass is 16.5. The highest BCUT2D eigenvalue weighted by Gasteiger charge is 2.20. The maximum absolute atomic E-state index is 5.46. The van der Waals surface area contributed by atoms with Crippen molar-refractivity contribution in [3.8, 4) is 11.5 Å². The lowest BCUT2D eigenvalue weighted by Crippen LogP contribution is -2.09. The Kier molecular flexibility index (Phi) is 4.44. The molecule has 4 heteroatoms. The highest BCUT2D eigenvalue weighted by Crippen LogP contribution is 2.35. The molecule has 2 rings (SSSR count). The number of hydrogen-bond donors (Lipinski definition) is 1. The van der Waals surface area contributed by atoms with Crippen LogP contribution in [0.3, 0.4) is 0 Å². The van der Waals surface area contributed by atoms with Gasteiger partial charge in [0.2, 0.25) is 0 Å². The average molecular weight is 251 g/mol. The summed E-state index contributed by atoms with van der Waals surface area (Å²) in [6.07, 6.45) is 1.16. The van der Waals surface area contributed by atoms with E-state index < -0.39 is 0 Å². The van der Waals surface area contributed by atoms with Crippen molar-refractivity contribution in [3.63, 3.8) is 0 Å². The molecule has 1 N–H and O–H groups in total. The molecule has 0 amide bonds. The normalized spacial score (nSPS) is 18.9. The van der Waals surface area contributed by atoms with Crippen molar-refractivity contribution in [1.82, 2.24) is 5.32 Å². The van der Waals surface area contributed by atoms with Crippen molar-refractivity contribution in [2.24, 2.45) is 0 Å². The Morgan fingerprint density at radius 1 is 1.17 bits per heavy atom. The Balaban J connectivity index is 2.37. The van der Waals surface area contributed by atoms with E-state index in [4.69, 9.17) is 14.2 Å². The molecule has 1 aliphatic rings. The van der Waals surface area contributed by atoms with Crippen LogP contribution in [-0.4, -0.2) is 34.4 Å². The average Bonchev–Trinajstić information content (AvgIpc) is 2.93. The van der Waals surface area contributed by atoms with Gasteiger partial charge in [-0.1, -0.05) is 0 Å². The molecule has 1 heterocycles. The van der Waals surface area contributed by atoms with E-state index in [1.807, 2.05) is 0 Å². The van der Waals surface area contributed by atoms with Crippen LogP contribution in [0.4, 0.5) is 0 Å². The summed E-state index contributed by atoms with van der Waals surface area (Å²) < 4.78 is 16.1. The van der Waals surface area contributed by atoms with Crippen molar-refractivity contribution in [2.75, 3.05) is 34.4 Å². The van der Waals surface area contributed by atoms with Gasteiger partial charge in [-0.3, -0.25) is 0 Å². The second-order valence-corrected chi connectivity index (χ2v) is 4.53. The van der Waals surface area contributed by atoms with Crippen LogP contribution < -0.4 is 14.8 Å². The summed E-state index contributed by atoms with van der Waals surface area (Å²) in [5, 5.41) is 3.38. The lowest BCUT2D eigenvalue weighted by atomic mass is 9.96. The van der Waals surface area contributed by atoms with Crippen LogP contribution in [0.15, 0.2) is 12.1 Å². The molecule has 1 aromatic carbocycles. The van der Waals surface area contributed by atoms with Gasteiger partial charge < -0.3 is 19.5 Å². The third-order valence-corrected chi connectivity index (χ3v) is 3.45. The Morgan fingerprint density at radius 3 is 2.28 bits per heavy atom. The second-order valence-electron chi connectivity index (χ2n) is 4.53. The smallest absolute Gasteiger partial charge is 0.128 e. The van der Waals surface area contributed by atoms with Crippen LogP contribution in [0, 0.1) is 0 Å². The van der Waals surface area contributed by atoms with E-state index in [2.05, 4.69) is 17.4 Å². The second kappa shape index (κ2) is 6.07. The van der Waals surface area contributed by atoms with Crippen molar-refractivity contribution < 1.29 is 14.2 Å². The molecule has 0 aliphatic carbocycles. The fourth-order valence-corrected chi connectivity index (χ4v) is 2.47. The molecule has 4 nitrogen and oxygen atoms in total. The molecule has 100 valence electrons. The molecule has 1 aliphatic heterocycles. The number of ether oxygens (including phenoxy) is 3. The van der Waals surface area contributed by atoms with E-state index in [9.17, 15) is 0 Å². The molecule has 0 saturated carbocycles. The molecule has 18 heavy (non-hydrogen) atoms. The van der Waals surface area contributed by atoms with E-state index >= 15 is 0 Å². The van der Waals surface area contributed by atoms with Crippen LogP contribution in [0.5, 0.6) is 11.5 Å². The number of nitrogens with one attached hydrogen (secondary N) is 1.